The van der Waals surface area contributed by atoms with Crippen molar-refractivity contribution in [2.24, 2.45) is 5.41 Å². The van der Waals surface area contributed by atoms with Crippen LogP contribution in [-0.2, 0) is 62.9 Å². The highest BCUT2D eigenvalue weighted by Crippen LogP contribution is 2.34. The summed E-state index contributed by atoms with van der Waals surface area (Å²) >= 11 is 0. The van der Waals surface area contributed by atoms with Crippen LogP contribution in [0, 0.1) is 17.0 Å². The zero-order valence-electron chi connectivity index (χ0n) is 48.8. The van der Waals surface area contributed by atoms with E-state index in [0.29, 0.717) is 48.3 Å². The molecule has 6 amide bonds. The lowest BCUT2D eigenvalue weighted by Gasteiger charge is -2.42. The van der Waals surface area contributed by atoms with E-state index in [4.69, 9.17) is 9.47 Å². The number of ether oxygens (including phenoxy) is 2. The van der Waals surface area contributed by atoms with Crippen molar-refractivity contribution in [1.29, 1.82) is 0 Å². The molecule has 0 saturated carbocycles. The molecular formula is C62H74F2N12O8. The lowest BCUT2D eigenvalue weighted by molar-refractivity contribution is -0.147. The maximum Gasteiger partial charge on any atom is 0.410 e. The predicted molar refractivity (Wildman–Crippen MR) is 310 cm³/mol. The van der Waals surface area contributed by atoms with Crippen molar-refractivity contribution in [3.8, 4) is 17.3 Å². The summed E-state index contributed by atoms with van der Waals surface area (Å²) in [4.78, 5) is 93.9. The van der Waals surface area contributed by atoms with Gasteiger partial charge in [0, 0.05) is 62.7 Å². The zero-order chi connectivity index (χ0) is 60.3. The lowest BCUT2D eigenvalue weighted by atomic mass is 9.83. The van der Waals surface area contributed by atoms with E-state index in [2.05, 4.69) is 52.8 Å². The lowest BCUT2D eigenvalue weighted by Crippen LogP contribution is -2.62. The van der Waals surface area contributed by atoms with E-state index in [9.17, 15) is 32.8 Å². The largest absolute Gasteiger partial charge is 0.493 e. The van der Waals surface area contributed by atoms with Crippen LogP contribution in [0.4, 0.5) is 19.3 Å². The Labute approximate surface area is 487 Å². The number of hydrogen-bond acceptors (Lipinski definition) is 13. The third-order valence-electron chi connectivity index (χ3n) is 14.8. The maximum absolute atomic E-state index is 15.1. The van der Waals surface area contributed by atoms with Crippen LogP contribution in [0.5, 0.6) is 5.75 Å². The average Bonchev–Trinajstić information content (AvgIpc) is 3.64. The summed E-state index contributed by atoms with van der Waals surface area (Å²) in [6.07, 6.45) is 5.58. The highest BCUT2D eigenvalue weighted by molar-refractivity contribution is 5.96. The Kier molecular flexibility index (Phi) is 19.7. The molecule has 5 N–H and O–H groups in total. The van der Waals surface area contributed by atoms with Crippen LogP contribution in [0.3, 0.4) is 0 Å². The summed E-state index contributed by atoms with van der Waals surface area (Å²) in [5.74, 6) is -2.11. The van der Waals surface area contributed by atoms with Gasteiger partial charge >= 0.3 is 6.09 Å². The van der Waals surface area contributed by atoms with Crippen LogP contribution in [0.2, 0.25) is 0 Å². The SMILES string of the molecule is C[C@@H](C(=O)N[C@H](C(=O)N1Cc2cc(OCCC(=O)NCCCn3c(CNc4cccc(C(=O)NCc5c(F)cccc5F)c4)nnc3-c3ccncn3)ccc2CC1C(=O)N[C@@H]1CCCc2ccccc21)C(C)(C)C)N(C)C(=O)OC(C)(C)C. The third-order valence-corrected chi connectivity index (χ3v) is 14.8. The average molecular weight is 1150 g/mol. The van der Waals surface area contributed by atoms with E-state index < -0.39 is 64.6 Å². The molecule has 84 heavy (non-hydrogen) atoms. The van der Waals surface area contributed by atoms with Crippen molar-refractivity contribution in [3.63, 3.8) is 0 Å². The molecule has 4 aromatic carbocycles. The molecule has 0 fully saturated rings. The van der Waals surface area contributed by atoms with E-state index in [1.165, 1.54) is 34.8 Å². The highest BCUT2D eigenvalue weighted by atomic mass is 19.1. The van der Waals surface area contributed by atoms with Crippen LogP contribution in [-0.4, -0.2) is 114 Å². The van der Waals surface area contributed by atoms with Gasteiger partial charge in [-0.05, 0) is 130 Å². The van der Waals surface area contributed by atoms with Crippen LogP contribution in [0.15, 0.2) is 104 Å². The Hall–Kier alpha value is -8.82. The number of nitrogens with zero attached hydrogens (tertiary/aromatic N) is 7. The summed E-state index contributed by atoms with van der Waals surface area (Å²) in [7, 11) is 1.46. The second kappa shape index (κ2) is 27.1. The summed E-state index contributed by atoms with van der Waals surface area (Å²) in [6, 6.07) is 22.1. The Bertz CT molecular complexity index is 3330. The van der Waals surface area contributed by atoms with Gasteiger partial charge in [0.2, 0.25) is 23.6 Å². The molecule has 0 saturated heterocycles. The first-order chi connectivity index (χ1) is 40.0. The minimum absolute atomic E-state index is 0.0276. The number of fused-ring (bicyclic) bond motifs is 2. The molecule has 1 aliphatic carbocycles. The maximum atomic E-state index is 15.1. The molecule has 1 unspecified atom stereocenters. The molecule has 20 nitrogen and oxygen atoms in total. The summed E-state index contributed by atoms with van der Waals surface area (Å²) < 4.78 is 41.9. The summed E-state index contributed by atoms with van der Waals surface area (Å²) in [6.45, 7) is 12.9. The van der Waals surface area contributed by atoms with Gasteiger partial charge in [0.15, 0.2) is 11.6 Å². The second-order valence-corrected chi connectivity index (χ2v) is 23.1. The van der Waals surface area contributed by atoms with Crippen molar-refractivity contribution in [2.45, 2.75) is 143 Å². The number of aryl methyl sites for hydroxylation is 1. The molecule has 4 atom stereocenters. The van der Waals surface area contributed by atoms with Gasteiger partial charge in [0.05, 0.1) is 25.6 Å². The Morgan fingerprint density at radius 3 is 2.35 bits per heavy atom. The minimum Gasteiger partial charge on any atom is -0.493 e. The molecule has 6 aromatic rings. The van der Waals surface area contributed by atoms with Crippen molar-refractivity contribution in [1.82, 2.24) is 55.8 Å². The van der Waals surface area contributed by atoms with Crippen molar-refractivity contribution in [2.75, 3.05) is 25.5 Å². The number of aromatic nitrogens is 5. The van der Waals surface area contributed by atoms with Gasteiger partial charge in [0.1, 0.15) is 53.1 Å². The molecule has 0 radical (unpaired) electrons. The third kappa shape index (κ3) is 15.6. The van der Waals surface area contributed by atoms with Crippen LogP contribution >= 0.6 is 0 Å². The van der Waals surface area contributed by atoms with E-state index in [-0.39, 0.29) is 68.1 Å². The number of anilines is 1. The van der Waals surface area contributed by atoms with Crippen LogP contribution < -0.4 is 31.3 Å². The number of halogens is 2. The summed E-state index contributed by atoms with van der Waals surface area (Å²) in [5.41, 5.74) is 3.35. The van der Waals surface area contributed by atoms with Crippen LogP contribution in [0.1, 0.15) is 124 Å². The van der Waals surface area contributed by atoms with Crippen LogP contribution in [0.25, 0.3) is 11.5 Å². The number of likely N-dealkylation sites (N-methyl/N-ethyl adjacent to an activating group) is 1. The predicted octanol–water partition coefficient (Wildman–Crippen LogP) is 7.76. The highest BCUT2D eigenvalue weighted by Gasteiger charge is 2.44. The molecule has 22 heteroatoms. The zero-order valence-corrected chi connectivity index (χ0v) is 48.8. The minimum atomic E-state index is -1.10. The Morgan fingerprint density at radius 1 is 0.845 bits per heavy atom. The van der Waals surface area contributed by atoms with Gasteiger partial charge in [-0.2, -0.15) is 0 Å². The number of benzene rings is 4. The fourth-order valence-electron chi connectivity index (χ4n) is 10.1. The van der Waals surface area contributed by atoms with E-state index in [1.807, 2.05) is 55.7 Å². The van der Waals surface area contributed by atoms with Gasteiger partial charge in [-0.1, -0.05) is 63.2 Å². The number of amides is 6. The van der Waals surface area contributed by atoms with Gasteiger partial charge < -0.3 is 45.5 Å². The number of hydrogen-bond donors (Lipinski definition) is 5. The molecule has 2 aliphatic rings. The number of carbonyl (C=O) groups excluding carboxylic acids is 6. The molecule has 0 bridgehead atoms. The molecule has 444 valence electrons. The molecule has 8 rings (SSSR count). The Balaban J connectivity index is 0.890. The molecular weight excluding hydrogens is 1080 g/mol. The Morgan fingerprint density at radius 2 is 1.61 bits per heavy atom. The first-order valence-corrected chi connectivity index (χ1v) is 28.2. The smallest absolute Gasteiger partial charge is 0.410 e. The summed E-state index contributed by atoms with van der Waals surface area (Å²) in [5, 5.41) is 23.8. The normalized spacial score (nSPS) is 15.5. The molecule has 2 aromatic heterocycles. The topological polar surface area (TPSA) is 244 Å². The standard InChI is InChI=1S/C62H74F2N12O8/c1-38(74(8)60(82)84-62(5,6)7)56(78)71-54(61(2,3)4)59(81)76-36-42-32-44(24-23-40(42)33-51(76)58(80)70-49-22-12-16-39-15-9-10-19-45(39)49)83-30-26-53(77)66-27-14-29-75-52(72-73-55(75)50-25-28-65-37-69-50)35-67-43-18-11-17-41(31-43)57(79)68-34-46-47(63)20-13-21-48(46)64/h9-11,13,15,17-21,23-25,28,31-32,37-38,49,51,54,67H,12,14,16,22,26-27,29-30,33-36H2,1-8H3,(H,66,77)(H,68,79)(H,70,80)(H,71,78)/t38-,49+,51?,54+/m0/s1. The fraction of sp³-hybridized carbons (Fsp3) is 0.419. The number of rotatable bonds is 21. The number of nitrogens with one attached hydrogen (secondary N) is 5. The molecule has 0 spiro atoms. The quantitative estimate of drug-likeness (QED) is 0.0433. The second-order valence-electron chi connectivity index (χ2n) is 23.1. The first kappa shape index (κ1) is 61.3. The van der Waals surface area contributed by atoms with E-state index in [1.54, 1.807) is 70.3 Å². The van der Waals surface area contributed by atoms with Gasteiger partial charge in [-0.3, -0.25) is 28.9 Å². The molecule has 3 heterocycles. The monoisotopic (exact) mass is 1150 g/mol. The van der Waals surface area contributed by atoms with Crippen molar-refractivity contribution in [3.05, 3.63) is 154 Å². The van der Waals surface area contributed by atoms with E-state index in [0.717, 1.165) is 48.1 Å². The number of carbonyl (C=O) groups is 6. The fourth-order valence-corrected chi connectivity index (χ4v) is 10.1. The van der Waals surface area contributed by atoms with Gasteiger partial charge in [-0.25, -0.2) is 23.5 Å². The first-order valence-electron chi connectivity index (χ1n) is 28.2. The van der Waals surface area contributed by atoms with Gasteiger partial charge in [0.25, 0.3) is 5.91 Å². The molecule has 1 aliphatic heterocycles. The van der Waals surface area contributed by atoms with E-state index >= 15 is 4.79 Å². The van der Waals surface area contributed by atoms with Gasteiger partial charge in [-0.15, -0.1) is 10.2 Å². The van der Waals surface area contributed by atoms with Crippen molar-refractivity contribution < 1.29 is 47.0 Å². The van der Waals surface area contributed by atoms with Crippen molar-refractivity contribution >= 4 is 41.3 Å².